The lowest BCUT2D eigenvalue weighted by atomic mass is 10.1. The van der Waals surface area contributed by atoms with Crippen molar-refractivity contribution in [2.24, 2.45) is 0 Å². The molecule has 0 aliphatic rings. The summed E-state index contributed by atoms with van der Waals surface area (Å²) in [5.74, 6) is -0.891. The highest BCUT2D eigenvalue weighted by molar-refractivity contribution is 7.16. The minimum absolute atomic E-state index is 0.141. The van der Waals surface area contributed by atoms with E-state index in [4.69, 9.17) is 4.74 Å². The number of benzene rings is 1. The van der Waals surface area contributed by atoms with Crippen LogP contribution in [0, 0.1) is 0 Å². The second-order valence-electron chi connectivity index (χ2n) is 4.83. The number of carbonyl (C=O) groups is 2. The van der Waals surface area contributed by atoms with E-state index in [0.717, 1.165) is 23.5 Å². The van der Waals surface area contributed by atoms with E-state index in [0.29, 0.717) is 4.88 Å². The third-order valence-electron chi connectivity index (χ3n) is 2.85. The average molecular weight is 358 g/mol. The minimum Gasteiger partial charge on any atom is -0.460 e. The number of carbonyl (C=O) groups excluding carboxylic acids is 2. The van der Waals surface area contributed by atoms with Gasteiger partial charge in [-0.15, -0.1) is 0 Å². The van der Waals surface area contributed by atoms with Crippen molar-refractivity contribution < 1.29 is 27.5 Å². The Bertz CT molecular complexity index is 772. The van der Waals surface area contributed by atoms with Crippen molar-refractivity contribution in [1.82, 2.24) is 4.98 Å². The van der Waals surface area contributed by atoms with Crippen LogP contribution < -0.4 is 5.32 Å². The fraction of sp³-hybridized carbons (Fsp3) is 0.267. The maximum atomic E-state index is 12.9. The molecule has 0 unspecified atom stereocenters. The summed E-state index contributed by atoms with van der Waals surface area (Å²) in [6.07, 6.45) is -4.48. The van der Waals surface area contributed by atoms with Crippen LogP contribution in [0.4, 0.5) is 18.3 Å². The number of ether oxygens (including phenoxy) is 1. The summed E-state index contributed by atoms with van der Waals surface area (Å²) in [6, 6.07) is 4.66. The summed E-state index contributed by atoms with van der Waals surface area (Å²) in [4.78, 5) is 26.7. The molecule has 9 heteroatoms. The van der Waals surface area contributed by atoms with Crippen LogP contribution in [-0.2, 0) is 27.1 Å². The first-order valence-electron chi connectivity index (χ1n) is 6.75. The zero-order valence-electron chi connectivity index (χ0n) is 12.7. The lowest BCUT2D eigenvalue weighted by Gasteiger charge is -2.08. The van der Waals surface area contributed by atoms with E-state index < -0.39 is 17.7 Å². The van der Waals surface area contributed by atoms with Crippen LogP contribution in [-0.4, -0.2) is 16.9 Å². The zero-order chi connectivity index (χ0) is 17.9. The van der Waals surface area contributed by atoms with Gasteiger partial charge in [-0.1, -0.05) is 23.5 Å². The van der Waals surface area contributed by atoms with Gasteiger partial charge in [0.15, 0.2) is 5.13 Å². The molecule has 0 saturated heterocycles. The van der Waals surface area contributed by atoms with Gasteiger partial charge in [-0.05, 0) is 12.1 Å². The van der Waals surface area contributed by atoms with E-state index in [2.05, 4.69) is 10.3 Å². The fourth-order valence-corrected chi connectivity index (χ4v) is 2.83. The van der Waals surface area contributed by atoms with Crippen molar-refractivity contribution in [3.63, 3.8) is 0 Å². The summed E-state index contributed by atoms with van der Waals surface area (Å²) >= 11 is 1.04. The normalized spacial score (nSPS) is 11.2. The van der Waals surface area contributed by atoms with Gasteiger partial charge < -0.3 is 10.1 Å². The molecule has 0 aliphatic carbocycles. The van der Waals surface area contributed by atoms with Crippen LogP contribution in [0.15, 0.2) is 24.3 Å². The molecule has 24 heavy (non-hydrogen) atoms. The number of thiazole rings is 1. The van der Waals surface area contributed by atoms with Crippen LogP contribution in [0.3, 0.4) is 0 Å². The van der Waals surface area contributed by atoms with Crippen LogP contribution in [0.2, 0.25) is 0 Å². The molecule has 0 saturated carbocycles. The van der Waals surface area contributed by atoms with E-state index in [1.165, 1.54) is 26.0 Å². The first-order chi connectivity index (χ1) is 11.2. The summed E-state index contributed by atoms with van der Waals surface area (Å²) < 4.78 is 43.5. The van der Waals surface area contributed by atoms with Crippen molar-refractivity contribution in [3.8, 4) is 11.3 Å². The first-order valence-corrected chi connectivity index (χ1v) is 7.56. The molecule has 0 atom stereocenters. The Kier molecular flexibility index (Phi) is 5.23. The SMILES string of the molecule is CC(=O)Nc1nc(-c2cccc(C(F)(F)F)c2)c(COC(C)=O)s1. The summed E-state index contributed by atoms with van der Waals surface area (Å²) in [7, 11) is 0. The van der Waals surface area contributed by atoms with Crippen LogP contribution >= 0.6 is 11.3 Å². The number of esters is 1. The molecule has 0 aliphatic heterocycles. The number of nitrogens with one attached hydrogen (secondary N) is 1. The standard InChI is InChI=1S/C15H13F3N2O3S/c1-8(21)19-14-20-13(12(24-14)7-23-9(2)22)10-4-3-5-11(6-10)15(16,17)18/h3-6H,7H2,1-2H3,(H,19,20,21). The van der Waals surface area contributed by atoms with Gasteiger partial charge in [0.25, 0.3) is 0 Å². The van der Waals surface area contributed by atoms with Gasteiger partial charge in [0.2, 0.25) is 5.91 Å². The smallest absolute Gasteiger partial charge is 0.416 e. The van der Waals surface area contributed by atoms with Crippen molar-refractivity contribution in [2.75, 3.05) is 5.32 Å². The molecule has 1 heterocycles. The highest BCUT2D eigenvalue weighted by atomic mass is 32.1. The second-order valence-corrected chi connectivity index (χ2v) is 5.91. The third-order valence-corrected chi connectivity index (χ3v) is 3.79. The van der Waals surface area contributed by atoms with Gasteiger partial charge in [0.05, 0.1) is 16.1 Å². The lowest BCUT2D eigenvalue weighted by Crippen LogP contribution is -2.05. The van der Waals surface area contributed by atoms with Crippen LogP contribution in [0.25, 0.3) is 11.3 Å². The average Bonchev–Trinajstić information content (AvgIpc) is 2.86. The molecule has 2 rings (SSSR count). The third kappa shape index (κ3) is 4.54. The molecule has 0 fully saturated rings. The van der Waals surface area contributed by atoms with Crippen molar-refractivity contribution >= 4 is 28.3 Å². The minimum atomic E-state index is -4.48. The second kappa shape index (κ2) is 7.00. The number of rotatable bonds is 4. The molecule has 1 N–H and O–H groups in total. The molecule has 5 nitrogen and oxygen atoms in total. The topological polar surface area (TPSA) is 68.3 Å². The van der Waals surface area contributed by atoms with Crippen molar-refractivity contribution in [1.29, 1.82) is 0 Å². The summed E-state index contributed by atoms with van der Waals surface area (Å²) in [6.45, 7) is 2.37. The van der Waals surface area contributed by atoms with Gasteiger partial charge in [-0.3, -0.25) is 9.59 Å². The van der Waals surface area contributed by atoms with Crippen LogP contribution in [0.1, 0.15) is 24.3 Å². The van der Waals surface area contributed by atoms with Gasteiger partial charge in [0.1, 0.15) is 6.61 Å². The fourth-order valence-electron chi connectivity index (χ4n) is 1.89. The molecule has 1 amide bonds. The monoisotopic (exact) mass is 358 g/mol. The van der Waals surface area contributed by atoms with Gasteiger partial charge in [-0.2, -0.15) is 13.2 Å². The van der Waals surface area contributed by atoms with Gasteiger partial charge >= 0.3 is 12.1 Å². The molecule has 2 aromatic rings. The maximum Gasteiger partial charge on any atom is 0.416 e. The zero-order valence-corrected chi connectivity index (χ0v) is 13.5. The number of alkyl halides is 3. The Morgan fingerprint density at radius 3 is 2.58 bits per heavy atom. The number of anilines is 1. The van der Waals surface area contributed by atoms with Gasteiger partial charge in [-0.25, -0.2) is 4.98 Å². The van der Waals surface area contributed by atoms with Crippen LogP contribution in [0.5, 0.6) is 0 Å². The summed E-state index contributed by atoms with van der Waals surface area (Å²) in [5.41, 5.74) is -0.358. The molecule has 1 aromatic heterocycles. The van der Waals surface area contributed by atoms with Crippen molar-refractivity contribution in [2.45, 2.75) is 26.6 Å². The first kappa shape index (κ1) is 17.9. The lowest BCUT2D eigenvalue weighted by molar-refractivity contribution is -0.142. The Morgan fingerprint density at radius 2 is 2.00 bits per heavy atom. The maximum absolute atomic E-state index is 12.9. The summed E-state index contributed by atoms with van der Waals surface area (Å²) in [5, 5.41) is 2.69. The van der Waals surface area contributed by atoms with E-state index >= 15 is 0 Å². The van der Waals surface area contributed by atoms with E-state index in [-0.39, 0.29) is 28.9 Å². The number of amides is 1. The molecular weight excluding hydrogens is 345 g/mol. The van der Waals surface area contributed by atoms with E-state index in [1.54, 1.807) is 0 Å². The Hall–Kier alpha value is -2.42. The molecule has 0 bridgehead atoms. The Labute approximate surface area is 139 Å². The quantitative estimate of drug-likeness (QED) is 0.843. The Morgan fingerprint density at radius 1 is 1.29 bits per heavy atom. The molecule has 1 aromatic carbocycles. The Balaban J connectivity index is 2.45. The molecule has 128 valence electrons. The molecular formula is C15H13F3N2O3S. The van der Waals surface area contributed by atoms with E-state index in [1.807, 2.05) is 0 Å². The number of halogens is 3. The number of nitrogens with zero attached hydrogens (tertiary/aromatic N) is 1. The highest BCUT2D eigenvalue weighted by Gasteiger charge is 2.31. The van der Waals surface area contributed by atoms with E-state index in [9.17, 15) is 22.8 Å². The van der Waals surface area contributed by atoms with Gasteiger partial charge in [0, 0.05) is 19.4 Å². The highest BCUT2D eigenvalue weighted by Crippen LogP contribution is 2.35. The number of hydrogen-bond acceptors (Lipinski definition) is 5. The predicted molar refractivity (Wildman–Crippen MR) is 82.3 cm³/mol. The molecule has 0 spiro atoms. The number of hydrogen-bond donors (Lipinski definition) is 1. The largest absolute Gasteiger partial charge is 0.460 e. The van der Waals surface area contributed by atoms with Crippen molar-refractivity contribution in [3.05, 3.63) is 34.7 Å². The predicted octanol–water partition coefficient (Wildman–Crippen LogP) is 3.85. The number of aromatic nitrogens is 1. The molecule has 0 radical (unpaired) electrons.